The standard InChI is InChI=1S/C32H38FN6O10P/c1-4-45-25(41)16-14-20-10-6-8-12-22(20)49-50(43,48-21-11-7-5-9-19(21)13-15-24(40)44-3)46-17-23-27(42)32(2,33)30(47-23)39-18-36-26-28(34)37-31(35)38-29(26)39/h5-12,18,23,27,30,42H,4,13-17H2,1-3H3,(H4,34,35,37,38)/t23-,27+,30-,32+,50?/m1/s1. The van der Waals surface area contributed by atoms with E-state index < -0.39 is 50.5 Å². The first-order valence-corrected chi connectivity index (χ1v) is 17.1. The molecule has 50 heavy (non-hydrogen) atoms. The summed E-state index contributed by atoms with van der Waals surface area (Å²) in [5, 5.41) is 11.1. The normalized spacial score (nSPS) is 21.4. The number of methoxy groups -OCH3 is 1. The summed E-state index contributed by atoms with van der Waals surface area (Å²) >= 11 is 0. The predicted octanol–water partition coefficient (Wildman–Crippen LogP) is 3.86. The fourth-order valence-corrected chi connectivity index (χ4v) is 6.67. The maximum absolute atomic E-state index is 16.2. The maximum atomic E-state index is 16.2. The van der Waals surface area contributed by atoms with Crippen LogP contribution in [0.2, 0.25) is 0 Å². The van der Waals surface area contributed by atoms with Crippen LogP contribution in [0.4, 0.5) is 16.2 Å². The minimum absolute atomic E-state index is 0.00328. The smallest absolute Gasteiger partial charge is 0.469 e. The van der Waals surface area contributed by atoms with Crippen molar-refractivity contribution < 1.29 is 51.4 Å². The van der Waals surface area contributed by atoms with Crippen molar-refractivity contribution in [1.29, 1.82) is 0 Å². The Hall–Kier alpha value is -4.83. The van der Waals surface area contributed by atoms with Crippen LogP contribution >= 0.6 is 7.82 Å². The van der Waals surface area contributed by atoms with Crippen LogP contribution in [0.1, 0.15) is 44.0 Å². The molecule has 0 amide bonds. The number of esters is 2. The Balaban J connectivity index is 1.43. The molecule has 1 unspecified atom stereocenters. The van der Waals surface area contributed by atoms with E-state index in [4.69, 9.17) is 39.2 Å². The molecule has 0 aliphatic carbocycles. The van der Waals surface area contributed by atoms with Gasteiger partial charge in [0, 0.05) is 12.8 Å². The van der Waals surface area contributed by atoms with E-state index in [1.807, 2.05) is 0 Å². The number of phosphoric acid groups is 1. The summed E-state index contributed by atoms with van der Waals surface area (Å²) < 4.78 is 65.3. The van der Waals surface area contributed by atoms with Gasteiger partial charge in [-0.05, 0) is 49.9 Å². The molecule has 0 radical (unpaired) electrons. The number of nitrogens with zero attached hydrogens (tertiary/aromatic N) is 4. The number of aliphatic hydroxyl groups excluding tert-OH is 1. The number of fused-ring (bicyclic) bond motifs is 1. The number of carbonyl (C=O) groups is 2. The lowest BCUT2D eigenvalue weighted by Gasteiger charge is -2.25. The lowest BCUT2D eigenvalue weighted by Crippen LogP contribution is -2.40. The molecule has 3 heterocycles. The van der Waals surface area contributed by atoms with E-state index >= 15 is 4.39 Å². The minimum atomic E-state index is -4.70. The Morgan fingerprint density at radius 2 is 1.62 bits per heavy atom. The number of hydrogen-bond donors (Lipinski definition) is 3. The van der Waals surface area contributed by atoms with E-state index in [1.165, 1.54) is 30.1 Å². The first-order chi connectivity index (χ1) is 23.8. The second kappa shape index (κ2) is 15.4. The second-order valence-electron chi connectivity index (χ2n) is 11.4. The number of halogens is 1. The van der Waals surface area contributed by atoms with Crippen molar-refractivity contribution in [2.24, 2.45) is 0 Å². The molecule has 1 fully saturated rings. The number of phosphoric ester groups is 1. The van der Waals surface area contributed by atoms with Gasteiger partial charge in [0.25, 0.3) is 0 Å². The van der Waals surface area contributed by atoms with Crippen LogP contribution < -0.4 is 20.5 Å². The minimum Gasteiger partial charge on any atom is -0.469 e. The molecule has 18 heteroatoms. The summed E-state index contributed by atoms with van der Waals surface area (Å²) in [6.45, 7) is 2.35. The molecule has 1 saturated heterocycles. The highest BCUT2D eigenvalue weighted by atomic mass is 31.2. The van der Waals surface area contributed by atoms with Crippen LogP contribution in [0.5, 0.6) is 11.5 Å². The molecule has 268 valence electrons. The second-order valence-corrected chi connectivity index (χ2v) is 13.0. The number of imidazole rings is 1. The molecule has 0 spiro atoms. The van der Waals surface area contributed by atoms with E-state index in [1.54, 1.807) is 43.3 Å². The summed E-state index contributed by atoms with van der Waals surface area (Å²) in [6, 6.07) is 13.0. The van der Waals surface area contributed by atoms with E-state index in [0.717, 1.165) is 6.92 Å². The maximum Gasteiger partial charge on any atom is 0.587 e. The number of nitrogens with two attached hydrogens (primary N) is 2. The number of aromatic nitrogens is 4. The van der Waals surface area contributed by atoms with Gasteiger partial charge in [0.2, 0.25) is 5.95 Å². The van der Waals surface area contributed by atoms with Gasteiger partial charge in [-0.3, -0.25) is 18.7 Å². The van der Waals surface area contributed by atoms with Gasteiger partial charge in [0.1, 0.15) is 29.2 Å². The number of nitrogen functional groups attached to an aromatic ring is 2. The number of benzene rings is 2. The molecule has 0 saturated carbocycles. The van der Waals surface area contributed by atoms with Crippen LogP contribution in [0.15, 0.2) is 54.9 Å². The zero-order chi connectivity index (χ0) is 36.1. The molecule has 4 aromatic rings. The van der Waals surface area contributed by atoms with Crippen molar-refractivity contribution in [2.45, 2.75) is 63.6 Å². The Morgan fingerprint density at radius 3 is 2.22 bits per heavy atom. The Kier molecular flexibility index (Phi) is 11.2. The summed E-state index contributed by atoms with van der Waals surface area (Å²) in [6.07, 6.45) is -3.12. The van der Waals surface area contributed by atoms with Gasteiger partial charge in [-0.25, -0.2) is 13.9 Å². The number of rotatable bonds is 15. The van der Waals surface area contributed by atoms with Crippen LogP contribution in [0.25, 0.3) is 11.2 Å². The summed E-state index contributed by atoms with van der Waals surface area (Å²) in [4.78, 5) is 36.0. The van der Waals surface area contributed by atoms with E-state index in [-0.39, 0.29) is 66.7 Å². The molecular weight excluding hydrogens is 678 g/mol. The third-order valence-electron chi connectivity index (χ3n) is 7.93. The Bertz CT molecular complexity index is 1890. The number of hydrogen-bond acceptors (Lipinski definition) is 15. The van der Waals surface area contributed by atoms with Gasteiger partial charge < -0.3 is 39.8 Å². The van der Waals surface area contributed by atoms with Crippen molar-refractivity contribution in [3.63, 3.8) is 0 Å². The van der Waals surface area contributed by atoms with Crippen molar-refractivity contribution in [3.8, 4) is 11.5 Å². The van der Waals surface area contributed by atoms with Gasteiger partial charge in [-0.2, -0.15) is 9.97 Å². The quantitative estimate of drug-likeness (QED) is 0.117. The monoisotopic (exact) mass is 716 g/mol. The average Bonchev–Trinajstić information content (AvgIpc) is 3.60. The highest BCUT2D eigenvalue weighted by molar-refractivity contribution is 7.49. The largest absolute Gasteiger partial charge is 0.587 e. The topological polar surface area (TPSA) is 222 Å². The highest BCUT2D eigenvalue weighted by Crippen LogP contribution is 2.52. The number of aryl methyl sites for hydroxylation is 2. The lowest BCUT2D eigenvalue weighted by molar-refractivity contribution is -0.143. The zero-order valence-corrected chi connectivity index (χ0v) is 28.5. The predicted molar refractivity (Wildman–Crippen MR) is 177 cm³/mol. The zero-order valence-electron chi connectivity index (χ0n) is 27.6. The Labute approximate surface area is 286 Å². The van der Waals surface area contributed by atoms with Gasteiger partial charge in [-0.15, -0.1) is 0 Å². The first kappa shape index (κ1) is 36.5. The molecule has 2 aromatic heterocycles. The van der Waals surface area contributed by atoms with Gasteiger partial charge in [-0.1, -0.05) is 36.4 Å². The van der Waals surface area contributed by atoms with Crippen molar-refractivity contribution in [2.75, 3.05) is 31.8 Å². The first-order valence-electron chi connectivity index (χ1n) is 15.6. The number of anilines is 2. The third-order valence-corrected chi connectivity index (χ3v) is 9.23. The number of ether oxygens (including phenoxy) is 3. The summed E-state index contributed by atoms with van der Waals surface area (Å²) in [7, 11) is -3.44. The molecule has 5 N–H and O–H groups in total. The molecule has 5 rings (SSSR count). The van der Waals surface area contributed by atoms with Gasteiger partial charge in [0.05, 0.1) is 26.7 Å². The SMILES string of the molecule is CCOC(=O)CCc1ccccc1OP(=O)(OC[C@H]1O[C@@H](n2cnc3c(N)nc(N)nc32)[C@@](C)(F)[C@H]1O)Oc1ccccc1CCC(=O)OC. The molecule has 0 bridgehead atoms. The molecule has 5 atom stereocenters. The number of para-hydroxylation sites is 2. The molecule has 16 nitrogen and oxygen atoms in total. The van der Waals surface area contributed by atoms with Crippen molar-refractivity contribution in [1.82, 2.24) is 19.5 Å². The van der Waals surface area contributed by atoms with Crippen LogP contribution in [-0.4, -0.2) is 74.8 Å². The lowest BCUT2D eigenvalue weighted by atomic mass is 9.98. The van der Waals surface area contributed by atoms with E-state index in [2.05, 4.69) is 15.0 Å². The fourth-order valence-electron chi connectivity index (χ4n) is 5.36. The highest BCUT2D eigenvalue weighted by Gasteiger charge is 2.56. The van der Waals surface area contributed by atoms with Gasteiger partial charge in [0.15, 0.2) is 23.4 Å². The summed E-state index contributed by atoms with van der Waals surface area (Å²) in [5.41, 5.74) is 10.4. The summed E-state index contributed by atoms with van der Waals surface area (Å²) in [5.74, 6) is -0.964. The van der Waals surface area contributed by atoms with Crippen LogP contribution in [0, 0.1) is 0 Å². The van der Waals surface area contributed by atoms with Crippen LogP contribution in [0.3, 0.4) is 0 Å². The molecule has 1 aliphatic heterocycles. The van der Waals surface area contributed by atoms with Crippen LogP contribution in [-0.2, 0) is 45.7 Å². The number of aliphatic hydroxyl groups is 1. The Morgan fingerprint density at radius 1 is 1.02 bits per heavy atom. The third kappa shape index (κ3) is 8.13. The van der Waals surface area contributed by atoms with E-state index in [0.29, 0.717) is 11.1 Å². The van der Waals surface area contributed by atoms with Gasteiger partial charge >= 0.3 is 19.8 Å². The van der Waals surface area contributed by atoms with E-state index in [9.17, 15) is 19.3 Å². The number of carbonyl (C=O) groups excluding carboxylic acids is 2. The van der Waals surface area contributed by atoms with Crippen molar-refractivity contribution >= 4 is 42.7 Å². The molecule has 2 aromatic carbocycles. The number of alkyl halides is 1. The van der Waals surface area contributed by atoms with Crippen molar-refractivity contribution in [3.05, 3.63) is 66.0 Å². The average molecular weight is 717 g/mol. The molecule has 1 aliphatic rings. The molecular formula is C32H38FN6O10P. The fraction of sp³-hybridized carbons (Fsp3) is 0.406.